The van der Waals surface area contributed by atoms with Crippen LogP contribution < -0.4 is 5.32 Å². The molecule has 112 valence electrons. The smallest absolute Gasteiger partial charge is 0.322 e. The minimum Gasteiger partial charge on any atom is -0.468 e. The van der Waals surface area contributed by atoms with Crippen molar-refractivity contribution in [1.29, 1.82) is 0 Å². The van der Waals surface area contributed by atoms with E-state index in [9.17, 15) is 4.79 Å². The number of carbonyl (C=O) groups excluding carboxylic acids is 1. The maximum absolute atomic E-state index is 11.4. The molecule has 0 aromatic rings. The molecule has 0 aromatic heterocycles. The molecule has 4 nitrogen and oxygen atoms in total. The zero-order valence-electron chi connectivity index (χ0n) is 13.0. The van der Waals surface area contributed by atoms with Crippen molar-refractivity contribution in [2.75, 3.05) is 20.8 Å². The molecule has 1 aliphatic rings. The van der Waals surface area contributed by atoms with Crippen LogP contribution in [-0.4, -0.2) is 38.9 Å². The first-order valence-corrected chi connectivity index (χ1v) is 7.24. The van der Waals surface area contributed by atoms with E-state index in [-0.39, 0.29) is 12.0 Å². The van der Waals surface area contributed by atoms with Gasteiger partial charge in [0.1, 0.15) is 6.04 Å². The van der Waals surface area contributed by atoms with Gasteiger partial charge in [0.05, 0.1) is 13.2 Å². The molecular weight excluding hydrogens is 242 g/mol. The quantitative estimate of drug-likeness (QED) is 0.753. The van der Waals surface area contributed by atoms with Crippen LogP contribution in [0.4, 0.5) is 0 Å². The molecule has 1 N–H and O–H groups in total. The Morgan fingerprint density at radius 3 is 2.63 bits per heavy atom. The zero-order chi connectivity index (χ0) is 14.5. The van der Waals surface area contributed by atoms with Crippen LogP contribution >= 0.6 is 0 Å². The lowest BCUT2D eigenvalue weighted by Crippen LogP contribution is -2.37. The zero-order valence-corrected chi connectivity index (χ0v) is 13.0. The third-order valence-electron chi connectivity index (χ3n) is 3.94. The summed E-state index contributed by atoms with van der Waals surface area (Å²) in [6.45, 7) is 7.52. The monoisotopic (exact) mass is 271 g/mol. The first-order chi connectivity index (χ1) is 8.88. The summed E-state index contributed by atoms with van der Waals surface area (Å²) in [6.07, 6.45) is 4.50. The molecule has 4 heteroatoms. The van der Waals surface area contributed by atoms with Crippen molar-refractivity contribution in [1.82, 2.24) is 5.32 Å². The summed E-state index contributed by atoms with van der Waals surface area (Å²) in [5.41, 5.74) is 0.368. The molecule has 0 bridgehead atoms. The average Bonchev–Trinajstić information content (AvgIpc) is 2.31. The summed E-state index contributed by atoms with van der Waals surface area (Å²) >= 11 is 0. The third kappa shape index (κ3) is 5.49. The van der Waals surface area contributed by atoms with E-state index in [1.165, 1.54) is 13.5 Å². The second kappa shape index (κ2) is 7.25. The van der Waals surface area contributed by atoms with Crippen molar-refractivity contribution in [3.05, 3.63) is 0 Å². The van der Waals surface area contributed by atoms with E-state index in [0.29, 0.717) is 24.5 Å². The van der Waals surface area contributed by atoms with Crippen LogP contribution in [0.3, 0.4) is 0 Å². The number of methoxy groups -OCH3 is 1. The van der Waals surface area contributed by atoms with Gasteiger partial charge in [-0.2, -0.15) is 0 Å². The van der Waals surface area contributed by atoms with Gasteiger partial charge in [0, 0.05) is 6.61 Å². The Balaban J connectivity index is 2.34. The maximum Gasteiger partial charge on any atom is 0.322 e. The highest BCUT2D eigenvalue weighted by Gasteiger charge is 2.32. The lowest BCUT2D eigenvalue weighted by Gasteiger charge is -2.38. The molecule has 1 rings (SSSR count). The number of rotatable bonds is 6. The SMILES string of the molecule is CNC(CCOC1CC(C)CC(C)(C)C1)C(=O)OC. The summed E-state index contributed by atoms with van der Waals surface area (Å²) in [6, 6.07) is -0.265. The number of likely N-dealkylation sites (N-methyl/N-ethyl adjacent to an activating group) is 1. The lowest BCUT2D eigenvalue weighted by molar-refractivity contribution is -0.143. The highest BCUT2D eigenvalue weighted by molar-refractivity contribution is 5.75. The molecule has 19 heavy (non-hydrogen) atoms. The molecule has 0 spiro atoms. The molecule has 3 unspecified atom stereocenters. The van der Waals surface area contributed by atoms with E-state index in [1.54, 1.807) is 7.05 Å². The number of hydrogen-bond donors (Lipinski definition) is 1. The molecule has 3 atom stereocenters. The number of carbonyl (C=O) groups is 1. The summed E-state index contributed by atoms with van der Waals surface area (Å²) in [4.78, 5) is 11.4. The Hall–Kier alpha value is -0.610. The summed E-state index contributed by atoms with van der Waals surface area (Å²) in [5, 5.41) is 2.96. The predicted molar refractivity (Wildman–Crippen MR) is 76.0 cm³/mol. The standard InChI is InChI=1S/C15H29NO3/c1-11-8-12(10-15(2,3)9-11)19-7-6-13(16-4)14(17)18-5/h11-13,16H,6-10H2,1-5H3. The largest absolute Gasteiger partial charge is 0.468 e. The second-order valence-electron chi connectivity index (χ2n) is 6.56. The van der Waals surface area contributed by atoms with E-state index in [0.717, 1.165) is 18.8 Å². The Kier molecular flexibility index (Phi) is 6.27. The van der Waals surface area contributed by atoms with Gasteiger partial charge in [0.15, 0.2) is 0 Å². The Morgan fingerprint density at radius 1 is 1.42 bits per heavy atom. The molecule has 1 fully saturated rings. The summed E-state index contributed by atoms with van der Waals surface area (Å²) < 4.78 is 10.7. The summed E-state index contributed by atoms with van der Waals surface area (Å²) in [5.74, 6) is 0.498. The van der Waals surface area contributed by atoms with Crippen LogP contribution in [0.25, 0.3) is 0 Å². The normalized spacial score (nSPS) is 27.8. The van der Waals surface area contributed by atoms with Gasteiger partial charge >= 0.3 is 5.97 Å². The minimum atomic E-state index is -0.265. The highest BCUT2D eigenvalue weighted by atomic mass is 16.5. The maximum atomic E-state index is 11.4. The fourth-order valence-electron chi connectivity index (χ4n) is 3.26. The molecule has 0 saturated heterocycles. The summed E-state index contributed by atoms with van der Waals surface area (Å²) in [7, 11) is 3.19. The van der Waals surface area contributed by atoms with Crippen LogP contribution in [0.2, 0.25) is 0 Å². The van der Waals surface area contributed by atoms with Gasteiger partial charge in [-0.1, -0.05) is 20.8 Å². The number of ether oxygens (including phenoxy) is 2. The van der Waals surface area contributed by atoms with Crippen molar-refractivity contribution in [3.8, 4) is 0 Å². The van der Waals surface area contributed by atoms with E-state index < -0.39 is 0 Å². The lowest BCUT2D eigenvalue weighted by atomic mass is 9.71. The van der Waals surface area contributed by atoms with Gasteiger partial charge in [-0.25, -0.2) is 0 Å². The minimum absolute atomic E-state index is 0.219. The molecule has 1 saturated carbocycles. The van der Waals surface area contributed by atoms with Gasteiger partial charge in [-0.05, 0) is 44.1 Å². The van der Waals surface area contributed by atoms with E-state index in [4.69, 9.17) is 9.47 Å². The Morgan fingerprint density at radius 2 is 2.11 bits per heavy atom. The first kappa shape index (κ1) is 16.4. The molecule has 0 heterocycles. The van der Waals surface area contributed by atoms with Crippen molar-refractivity contribution in [2.45, 2.75) is 58.6 Å². The third-order valence-corrected chi connectivity index (χ3v) is 3.94. The van der Waals surface area contributed by atoms with Crippen molar-refractivity contribution >= 4 is 5.97 Å². The molecular formula is C15H29NO3. The Bertz CT molecular complexity index is 291. The number of hydrogen-bond acceptors (Lipinski definition) is 4. The topological polar surface area (TPSA) is 47.6 Å². The molecule has 0 aromatic carbocycles. The fraction of sp³-hybridized carbons (Fsp3) is 0.933. The van der Waals surface area contributed by atoms with Gasteiger partial charge in [0.25, 0.3) is 0 Å². The Labute approximate surface area is 117 Å². The van der Waals surface area contributed by atoms with Crippen LogP contribution in [0.1, 0.15) is 46.5 Å². The van der Waals surface area contributed by atoms with Gasteiger partial charge in [-0.15, -0.1) is 0 Å². The molecule has 0 radical (unpaired) electrons. The van der Waals surface area contributed by atoms with Crippen LogP contribution in [-0.2, 0) is 14.3 Å². The van der Waals surface area contributed by atoms with E-state index >= 15 is 0 Å². The first-order valence-electron chi connectivity index (χ1n) is 7.24. The second-order valence-corrected chi connectivity index (χ2v) is 6.56. The number of esters is 1. The average molecular weight is 271 g/mol. The number of nitrogens with one attached hydrogen (secondary N) is 1. The molecule has 0 aliphatic heterocycles. The van der Waals surface area contributed by atoms with Gasteiger partial charge < -0.3 is 14.8 Å². The van der Waals surface area contributed by atoms with Gasteiger partial charge in [0.2, 0.25) is 0 Å². The molecule has 1 aliphatic carbocycles. The van der Waals surface area contributed by atoms with E-state index in [2.05, 4.69) is 26.1 Å². The van der Waals surface area contributed by atoms with Gasteiger partial charge in [-0.3, -0.25) is 4.79 Å². The predicted octanol–water partition coefficient (Wildman–Crippen LogP) is 2.37. The van der Waals surface area contributed by atoms with Crippen molar-refractivity contribution < 1.29 is 14.3 Å². The van der Waals surface area contributed by atoms with Crippen LogP contribution in [0, 0.1) is 11.3 Å². The highest BCUT2D eigenvalue weighted by Crippen LogP contribution is 2.39. The van der Waals surface area contributed by atoms with Crippen molar-refractivity contribution in [3.63, 3.8) is 0 Å². The van der Waals surface area contributed by atoms with Crippen molar-refractivity contribution in [2.24, 2.45) is 11.3 Å². The van der Waals surface area contributed by atoms with Crippen LogP contribution in [0.5, 0.6) is 0 Å². The fourth-order valence-corrected chi connectivity index (χ4v) is 3.26. The van der Waals surface area contributed by atoms with E-state index in [1.807, 2.05) is 0 Å². The molecule has 0 amide bonds. The van der Waals surface area contributed by atoms with Crippen LogP contribution in [0.15, 0.2) is 0 Å².